The normalized spacial score (nSPS) is 16.9. The van der Waals surface area contributed by atoms with Crippen molar-refractivity contribution < 1.29 is 26.5 Å². The molecule has 1 aromatic carbocycles. The van der Waals surface area contributed by atoms with Gasteiger partial charge in [-0.3, -0.25) is 10.1 Å². The van der Waals surface area contributed by atoms with E-state index in [4.69, 9.17) is 0 Å². The van der Waals surface area contributed by atoms with Crippen molar-refractivity contribution in [3.05, 3.63) is 33.9 Å². The lowest BCUT2D eigenvalue weighted by Gasteiger charge is -2.37. The standard InChI is InChI=1S/C15H20F3N3O4S/c1-3-26(24,25)19(2)12-6-8-20(9-7-12)13-5-4-11(15(16,17)18)10-14(13)21(22)23/h4-5,10,12H,3,6-9H2,1-2H3. The molecule has 0 aromatic heterocycles. The van der Waals surface area contributed by atoms with Crippen molar-refractivity contribution in [1.82, 2.24) is 4.31 Å². The van der Waals surface area contributed by atoms with E-state index in [9.17, 15) is 31.7 Å². The minimum Gasteiger partial charge on any atom is -0.366 e. The first kappa shape index (κ1) is 20.4. The highest BCUT2D eigenvalue weighted by atomic mass is 32.2. The topological polar surface area (TPSA) is 83.8 Å². The fourth-order valence-corrected chi connectivity index (χ4v) is 4.09. The van der Waals surface area contributed by atoms with E-state index in [1.165, 1.54) is 11.4 Å². The smallest absolute Gasteiger partial charge is 0.366 e. The maximum Gasteiger partial charge on any atom is 0.416 e. The summed E-state index contributed by atoms with van der Waals surface area (Å²) in [5.41, 5.74) is -1.56. The minimum absolute atomic E-state index is 0.0198. The molecule has 0 aliphatic carbocycles. The van der Waals surface area contributed by atoms with E-state index in [-0.39, 0.29) is 17.5 Å². The van der Waals surface area contributed by atoms with E-state index < -0.39 is 32.4 Å². The van der Waals surface area contributed by atoms with E-state index >= 15 is 0 Å². The van der Waals surface area contributed by atoms with Crippen molar-refractivity contribution in [3.8, 4) is 0 Å². The number of hydrogen-bond donors (Lipinski definition) is 0. The first-order valence-corrected chi connectivity index (χ1v) is 9.64. The quantitative estimate of drug-likeness (QED) is 0.565. The summed E-state index contributed by atoms with van der Waals surface area (Å²) in [5, 5.41) is 11.2. The van der Waals surface area contributed by atoms with Crippen LogP contribution in [0.15, 0.2) is 18.2 Å². The number of nitrogens with zero attached hydrogens (tertiary/aromatic N) is 3. The molecule has 0 amide bonds. The molecule has 1 aliphatic rings. The second kappa shape index (κ2) is 7.39. The number of nitro benzene ring substituents is 1. The monoisotopic (exact) mass is 395 g/mol. The lowest BCUT2D eigenvalue weighted by Crippen LogP contribution is -2.46. The van der Waals surface area contributed by atoms with Gasteiger partial charge in [0.25, 0.3) is 5.69 Å². The molecule has 26 heavy (non-hydrogen) atoms. The fraction of sp³-hybridized carbons (Fsp3) is 0.600. The molecular formula is C15H20F3N3O4S. The van der Waals surface area contributed by atoms with Crippen LogP contribution in [0.25, 0.3) is 0 Å². The van der Waals surface area contributed by atoms with Gasteiger partial charge in [0.1, 0.15) is 5.69 Å². The van der Waals surface area contributed by atoms with Crippen LogP contribution in [0.4, 0.5) is 24.5 Å². The Kier molecular flexibility index (Phi) is 5.81. The van der Waals surface area contributed by atoms with Crippen LogP contribution in [0, 0.1) is 10.1 Å². The molecule has 0 N–H and O–H groups in total. The number of alkyl halides is 3. The first-order valence-electron chi connectivity index (χ1n) is 8.03. The van der Waals surface area contributed by atoms with Gasteiger partial charge in [-0.1, -0.05) is 0 Å². The van der Waals surface area contributed by atoms with Crippen LogP contribution in [0.3, 0.4) is 0 Å². The molecule has 0 unspecified atom stereocenters. The molecule has 1 fully saturated rings. The van der Waals surface area contributed by atoms with Crippen molar-refractivity contribution in [1.29, 1.82) is 0 Å². The predicted octanol–water partition coefficient (Wildman–Crippen LogP) is 2.86. The van der Waals surface area contributed by atoms with Crippen molar-refractivity contribution in [2.45, 2.75) is 32.0 Å². The molecule has 0 spiro atoms. The summed E-state index contributed by atoms with van der Waals surface area (Å²) in [6, 6.07) is 2.23. The Labute approximate surface area is 149 Å². The predicted molar refractivity (Wildman–Crippen MR) is 90.6 cm³/mol. The highest BCUT2D eigenvalue weighted by Crippen LogP contribution is 2.37. The summed E-state index contributed by atoms with van der Waals surface area (Å²) in [6.07, 6.45) is -3.78. The second-order valence-corrected chi connectivity index (χ2v) is 8.41. The average molecular weight is 395 g/mol. The third kappa shape index (κ3) is 4.26. The number of halogens is 3. The zero-order valence-corrected chi connectivity index (χ0v) is 15.2. The van der Waals surface area contributed by atoms with Crippen molar-refractivity contribution in [2.24, 2.45) is 0 Å². The van der Waals surface area contributed by atoms with Crippen LogP contribution < -0.4 is 4.90 Å². The molecular weight excluding hydrogens is 375 g/mol. The molecule has 0 saturated carbocycles. The maximum atomic E-state index is 12.8. The molecule has 1 saturated heterocycles. The van der Waals surface area contributed by atoms with E-state index in [1.807, 2.05) is 0 Å². The van der Waals surface area contributed by atoms with Gasteiger partial charge in [0, 0.05) is 32.2 Å². The van der Waals surface area contributed by atoms with E-state index in [1.54, 1.807) is 11.8 Å². The third-order valence-electron chi connectivity index (χ3n) is 4.62. The van der Waals surface area contributed by atoms with Gasteiger partial charge in [-0.2, -0.15) is 13.2 Å². The molecule has 146 valence electrons. The summed E-state index contributed by atoms with van der Waals surface area (Å²) >= 11 is 0. The van der Waals surface area contributed by atoms with Gasteiger partial charge in [-0.15, -0.1) is 0 Å². The number of piperidine rings is 1. The number of anilines is 1. The van der Waals surface area contributed by atoms with E-state index in [2.05, 4.69) is 0 Å². The van der Waals surface area contributed by atoms with Crippen LogP contribution in [-0.4, -0.2) is 49.6 Å². The Balaban J connectivity index is 2.20. The van der Waals surface area contributed by atoms with Crippen molar-refractivity contribution in [3.63, 3.8) is 0 Å². The molecule has 1 aliphatic heterocycles. The van der Waals surface area contributed by atoms with E-state index in [0.29, 0.717) is 32.0 Å². The minimum atomic E-state index is -4.66. The molecule has 7 nitrogen and oxygen atoms in total. The van der Waals surface area contributed by atoms with Crippen molar-refractivity contribution >= 4 is 21.4 Å². The Bertz CT molecular complexity index is 775. The molecule has 2 rings (SSSR count). The summed E-state index contributed by atoms with van der Waals surface area (Å²) in [5.74, 6) is -0.0198. The Morgan fingerprint density at radius 2 is 1.88 bits per heavy atom. The number of sulfonamides is 1. The van der Waals surface area contributed by atoms with E-state index in [0.717, 1.165) is 12.1 Å². The van der Waals surface area contributed by atoms with Crippen LogP contribution in [0.1, 0.15) is 25.3 Å². The number of nitro groups is 1. The Hall–Kier alpha value is -1.88. The number of hydrogen-bond acceptors (Lipinski definition) is 5. The van der Waals surface area contributed by atoms with Crippen molar-refractivity contribution in [2.75, 3.05) is 30.8 Å². The van der Waals surface area contributed by atoms with Gasteiger partial charge in [-0.05, 0) is 31.9 Å². The summed E-state index contributed by atoms with van der Waals surface area (Å²) in [4.78, 5) is 12.0. The first-order chi connectivity index (χ1) is 12.0. The SMILES string of the molecule is CCS(=O)(=O)N(C)C1CCN(c2ccc(C(F)(F)F)cc2[N+](=O)[O-])CC1. The van der Waals surface area contributed by atoms with Gasteiger partial charge in [0.05, 0.1) is 16.2 Å². The molecule has 11 heteroatoms. The lowest BCUT2D eigenvalue weighted by molar-refractivity contribution is -0.384. The average Bonchev–Trinajstić information content (AvgIpc) is 2.59. The zero-order chi connectivity index (χ0) is 19.7. The van der Waals surface area contributed by atoms with Gasteiger partial charge in [0.2, 0.25) is 10.0 Å². The zero-order valence-electron chi connectivity index (χ0n) is 14.4. The molecule has 0 bridgehead atoms. The maximum absolute atomic E-state index is 12.8. The van der Waals surface area contributed by atoms with Gasteiger partial charge in [0.15, 0.2) is 0 Å². The van der Waals surface area contributed by atoms with Crippen LogP contribution in [0.2, 0.25) is 0 Å². The van der Waals surface area contributed by atoms with Gasteiger partial charge in [-0.25, -0.2) is 12.7 Å². The molecule has 0 radical (unpaired) electrons. The fourth-order valence-electron chi connectivity index (χ4n) is 3.01. The van der Waals surface area contributed by atoms with Gasteiger partial charge < -0.3 is 4.90 Å². The van der Waals surface area contributed by atoms with Crippen LogP contribution >= 0.6 is 0 Å². The molecule has 1 heterocycles. The second-order valence-electron chi connectivity index (χ2n) is 6.09. The highest BCUT2D eigenvalue weighted by Gasteiger charge is 2.35. The highest BCUT2D eigenvalue weighted by molar-refractivity contribution is 7.89. The van der Waals surface area contributed by atoms with Gasteiger partial charge >= 0.3 is 6.18 Å². The largest absolute Gasteiger partial charge is 0.416 e. The lowest BCUT2D eigenvalue weighted by atomic mass is 10.0. The number of rotatable bonds is 5. The summed E-state index contributed by atoms with van der Waals surface area (Å²) in [6.45, 7) is 2.19. The third-order valence-corrected chi connectivity index (χ3v) is 6.53. The van der Waals surface area contributed by atoms with Crippen LogP contribution in [-0.2, 0) is 16.2 Å². The molecule has 0 atom stereocenters. The summed E-state index contributed by atoms with van der Waals surface area (Å²) < 4.78 is 63.6. The Morgan fingerprint density at radius 3 is 2.35 bits per heavy atom. The van der Waals surface area contributed by atoms with Crippen LogP contribution in [0.5, 0.6) is 0 Å². The summed E-state index contributed by atoms with van der Waals surface area (Å²) in [7, 11) is -1.84. The molecule has 1 aromatic rings. The number of benzene rings is 1. The Morgan fingerprint density at radius 1 is 1.31 bits per heavy atom.